The summed E-state index contributed by atoms with van der Waals surface area (Å²) >= 11 is 0. The number of hydrogen-bond acceptors (Lipinski definition) is 3. The minimum Gasteiger partial charge on any atom is -0.383 e. The lowest BCUT2D eigenvalue weighted by Crippen LogP contribution is -2.37. The number of benzene rings is 1. The number of carbonyl (C=O) groups is 2. The zero-order valence-corrected chi connectivity index (χ0v) is 14.0. The van der Waals surface area contributed by atoms with Crippen LogP contribution in [0.25, 0.3) is 0 Å². The second kappa shape index (κ2) is 9.20. The van der Waals surface area contributed by atoms with Crippen LogP contribution >= 0.6 is 0 Å². The fourth-order valence-electron chi connectivity index (χ4n) is 2.29. The van der Waals surface area contributed by atoms with Crippen LogP contribution in [0.4, 0.5) is 5.69 Å². The predicted octanol–water partition coefficient (Wildman–Crippen LogP) is 2.23. The molecule has 1 aromatic rings. The summed E-state index contributed by atoms with van der Waals surface area (Å²) in [7, 11) is 1.60. The van der Waals surface area contributed by atoms with Crippen molar-refractivity contribution in [1.82, 2.24) is 4.90 Å². The van der Waals surface area contributed by atoms with Gasteiger partial charge in [0.2, 0.25) is 11.8 Å². The Bertz CT molecular complexity index is 502. The third-order valence-electron chi connectivity index (χ3n) is 3.54. The van der Waals surface area contributed by atoms with E-state index in [0.29, 0.717) is 32.7 Å². The number of nitrogens with zero attached hydrogens (tertiary/aromatic N) is 2. The first-order valence-electron chi connectivity index (χ1n) is 7.61. The maximum atomic E-state index is 12.4. The number of anilines is 1. The van der Waals surface area contributed by atoms with E-state index in [4.69, 9.17) is 4.74 Å². The van der Waals surface area contributed by atoms with Crippen LogP contribution in [0.15, 0.2) is 24.3 Å². The molecule has 1 aromatic carbocycles. The molecule has 0 radical (unpaired) electrons. The average Bonchev–Trinajstić information content (AvgIpc) is 2.47. The molecule has 0 unspecified atom stereocenters. The molecule has 0 N–H and O–H groups in total. The van der Waals surface area contributed by atoms with Gasteiger partial charge in [0, 0.05) is 45.8 Å². The van der Waals surface area contributed by atoms with Crippen LogP contribution in [-0.4, -0.2) is 50.1 Å². The Morgan fingerprint density at radius 3 is 2.50 bits per heavy atom. The zero-order valence-electron chi connectivity index (χ0n) is 14.0. The monoisotopic (exact) mass is 306 g/mol. The minimum absolute atomic E-state index is 0.0248. The summed E-state index contributed by atoms with van der Waals surface area (Å²) in [4.78, 5) is 27.4. The Hall–Kier alpha value is -1.88. The molecule has 1 rings (SSSR count). The molecular formula is C17H26N2O3. The summed E-state index contributed by atoms with van der Waals surface area (Å²) in [5.74, 6) is -0.0137. The van der Waals surface area contributed by atoms with Crippen LogP contribution < -0.4 is 4.90 Å². The number of hydrogen-bond donors (Lipinski definition) is 0. The Morgan fingerprint density at radius 1 is 1.23 bits per heavy atom. The fraction of sp³-hybridized carbons (Fsp3) is 0.529. The van der Waals surface area contributed by atoms with Crippen molar-refractivity contribution >= 4 is 17.5 Å². The molecule has 0 saturated heterocycles. The van der Waals surface area contributed by atoms with Crippen molar-refractivity contribution < 1.29 is 14.3 Å². The lowest BCUT2D eigenvalue weighted by atomic mass is 10.2. The third kappa shape index (κ3) is 5.48. The van der Waals surface area contributed by atoms with Gasteiger partial charge in [-0.3, -0.25) is 9.59 Å². The summed E-state index contributed by atoms with van der Waals surface area (Å²) in [5, 5.41) is 0. The van der Waals surface area contributed by atoms with Crippen molar-refractivity contribution in [3.63, 3.8) is 0 Å². The Kier molecular flexibility index (Phi) is 7.60. The van der Waals surface area contributed by atoms with E-state index in [9.17, 15) is 9.59 Å². The molecule has 0 spiro atoms. The summed E-state index contributed by atoms with van der Waals surface area (Å²) < 4.78 is 4.99. The van der Waals surface area contributed by atoms with Gasteiger partial charge in [0.25, 0.3) is 0 Å². The van der Waals surface area contributed by atoms with Crippen LogP contribution in [0, 0.1) is 6.92 Å². The quantitative estimate of drug-likeness (QED) is 0.740. The molecule has 0 fully saturated rings. The van der Waals surface area contributed by atoms with Gasteiger partial charge in [-0.05, 0) is 31.5 Å². The largest absolute Gasteiger partial charge is 0.383 e. The molecule has 0 aliphatic carbocycles. The highest BCUT2D eigenvalue weighted by atomic mass is 16.5. The summed E-state index contributed by atoms with van der Waals surface area (Å²) in [6.45, 7) is 7.48. The van der Waals surface area contributed by atoms with Crippen LogP contribution in [0.5, 0.6) is 0 Å². The maximum absolute atomic E-state index is 12.4. The Balaban J connectivity index is 2.66. The van der Waals surface area contributed by atoms with E-state index in [1.165, 1.54) is 6.92 Å². The van der Waals surface area contributed by atoms with Crippen molar-refractivity contribution in [3.8, 4) is 0 Å². The van der Waals surface area contributed by atoms with E-state index in [0.717, 1.165) is 11.3 Å². The van der Waals surface area contributed by atoms with Crippen molar-refractivity contribution in [1.29, 1.82) is 0 Å². The molecule has 5 heteroatoms. The standard InChI is InChI=1S/C17H26N2O3/c1-5-19(16-8-6-7-14(2)13-16)17(21)9-10-18(15(3)20)11-12-22-4/h6-8,13H,5,9-12H2,1-4H3. The average molecular weight is 306 g/mol. The van der Waals surface area contributed by atoms with Crippen molar-refractivity contribution in [2.75, 3.05) is 38.3 Å². The first-order valence-corrected chi connectivity index (χ1v) is 7.61. The number of ether oxygens (including phenoxy) is 1. The summed E-state index contributed by atoms with van der Waals surface area (Å²) in [6, 6.07) is 7.88. The van der Waals surface area contributed by atoms with Crippen LogP contribution in [0.2, 0.25) is 0 Å². The number of aryl methyl sites for hydroxylation is 1. The smallest absolute Gasteiger partial charge is 0.228 e. The molecule has 0 aliphatic heterocycles. The molecule has 22 heavy (non-hydrogen) atoms. The molecule has 2 amide bonds. The van der Waals surface area contributed by atoms with Gasteiger partial charge in [-0.25, -0.2) is 0 Å². The Labute approximate surface area is 132 Å². The predicted molar refractivity (Wildman–Crippen MR) is 88.0 cm³/mol. The van der Waals surface area contributed by atoms with E-state index < -0.39 is 0 Å². The summed E-state index contributed by atoms with van der Waals surface area (Å²) in [5.41, 5.74) is 2.02. The van der Waals surface area contributed by atoms with Gasteiger partial charge in [0.15, 0.2) is 0 Å². The van der Waals surface area contributed by atoms with Crippen LogP contribution in [0.1, 0.15) is 25.8 Å². The number of carbonyl (C=O) groups excluding carboxylic acids is 2. The number of methoxy groups -OCH3 is 1. The first-order chi connectivity index (χ1) is 10.5. The van der Waals surface area contributed by atoms with E-state index in [1.54, 1.807) is 16.9 Å². The van der Waals surface area contributed by atoms with E-state index in [1.807, 2.05) is 38.1 Å². The topological polar surface area (TPSA) is 49.9 Å². The van der Waals surface area contributed by atoms with E-state index in [2.05, 4.69) is 0 Å². The molecule has 5 nitrogen and oxygen atoms in total. The molecule has 0 heterocycles. The van der Waals surface area contributed by atoms with Crippen LogP contribution in [0.3, 0.4) is 0 Å². The van der Waals surface area contributed by atoms with E-state index >= 15 is 0 Å². The molecule has 0 aliphatic rings. The van der Waals surface area contributed by atoms with Crippen molar-refractivity contribution in [2.45, 2.75) is 27.2 Å². The molecule has 122 valence electrons. The normalized spacial score (nSPS) is 10.4. The molecule has 0 atom stereocenters. The van der Waals surface area contributed by atoms with Gasteiger partial charge in [-0.15, -0.1) is 0 Å². The second-order valence-electron chi connectivity index (χ2n) is 5.23. The number of rotatable bonds is 8. The van der Waals surface area contributed by atoms with Gasteiger partial charge >= 0.3 is 0 Å². The van der Waals surface area contributed by atoms with Gasteiger partial charge in [-0.1, -0.05) is 12.1 Å². The fourth-order valence-corrected chi connectivity index (χ4v) is 2.29. The first kappa shape index (κ1) is 18.2. The molecular weight excluding hydrogens is 280 g/mol. The molecule has 0 saturated carbocycles. The molecule has 0 aromatic heterocycles. The van der Waals surface area contributed by atoms with E-state index in [-0.39, 0.29) is 11.8 Å². The SMILES string of the molecule is CCN(C(=O)CCN(CCOC)C(C)=O)c1cccc(C)c1. The van der Waals surface area contributed by atoms with Gasteiger partial charge < -0.3 is 14.5 Å². The van der Waals surface area contributed by atoms with Crippen LogP contribution in [-0.2, 0) is 14.3 Å². The summed E-state index contributed by atoms with van der Waals surface area (Å²) in [6.07, 6.45) is 0.311. The molecule has 0 bridgehead atoms. The third-order valence-corrected chi connectivity index (χ3v) is 3.54. The number of amides is 2. The lowest BCUT2D eigenvalue weighted by molar-refractivity contribution is -0.130. The van der Waals surface area contributed by atoms with Gasteiger partial charge in [0.05, 0.1) is 6.61 Å². The maximum Gasteiger partial charge on any atom is 0.228 e. The minimum atomic E-state index is -0.0385. The highest BCUT2D eigenvalue weighted by Crippen LogP contribution is 2.16. The highest BCUT2D eigenvalue weighted by Gasteiger charge is 2.16. The van der Waals surface area contributed by atoms with Gasteiger partial charge in [-0.2, -0.15) is 0 Å². The Morgan fingerprint density at radius 2 is 1.95 bits per heavy atom. The second-order valence-corrected chi connectivity index (χ2v) is 5.23. The van der Waals surface area contributed by atoms with Crippen molar-refractivity contribution in [3.05, 3.63) is 29.8 Å². The van der Waals surface area contributed by atoms with Gasteiger partial charge in [0.1, 0.15) is 0 Å². The highest BCUT2D eigenvalue weighted by molar-refractivity contribution is 5.93. The lowest BCUT2D eigenvalue weighted by Gasteiger charge is -2.24. The van der Waals surface area contributed by atoms with Crippen molar-refractivity contribution in [2.24, 2.45) is 0 Å². The zero-order chi connectivity index (χ0) is 16.5.